The van der Waals surface area contributed by atoms with Gasteiger partial charge < -0.3 is 14.8 Å². The molecule has 0 aliphatic carbocycles. The number of hydrogen-bond donors (Lipinski definition) is 3. The highest BCUT2D eigenvalue weighted by molar-refractivity contribution is 5.81. The lowest BCUT2D eigenvalue weighted by Gasteiger charge is -2.04. The summed E-state index contributed by atoms with van der Waals surface area (Å²) in [5, 5.41) is 20.1. The van der Waals surface area contributed by atoms with Crippen molar-refractivity contribution in [1.82, 2.24) is 10.2 Å². The summed E-state index contributed by atoms with van der Waals surface area (Å²) in [5.74, 6) is 1.38. The van der Waals surface area contributed by atoms with E-state index in [2.05, 4.69) is 15.5 Å². The number of anilines is 1. The molecule has 0 unspecified atom stereocenters. The van der Waals surface area contributed by atoms with Crippen LogP contribution in [0, 0.1) is 0 Å². The van der Waals surface area contributed by atoms with Crippen molar-refractivity contribution in [3.8, 4) is 0 Å². The van der Waals surface area contributed by atoms with Crippen LogP contribution in [0.4, 0.5) is 5.69 Å². The molecule has 92 valence electrons. The second-order valence-electron chi connectivity index (χ2n) is 4.05. The average Bonchev–Trinajstić information content (AvgIpc) is 3.04. The topological polar surface area (TPSA) is 74.1 Å². The highest BCUT2D eigenvalue weighted by Crippen LogP contribution is 2.18. The molecule has 0 saturated carbocycles. The Balaban J connectivity index is 1.72. The van der Waals surface area contributed by atoms with E-state index in [0.717, 1.165) is 22.4 Å². The molecule has 0 radical (unpaired) electrons. The second-order valence-corrected chi connectivity index (χ2v) is 4.05. The van der Waals surface area contributed by atoms with E-state index in [0.29, 0.717) is 12.3 Å². The van der Waals surface area contributed by atoms with Gasteiger partial charge in [-0.15, -0.1) is 0 Å². The number of rotatable bonds is 4. The van der Waals surface area contributed by atoms with Crippen molar-refractivity contribution in [1.29, 1.82) is 0 Å². The van der Waals surface area contributed by atoms with Gasteiger partial charge in [-0.3, -0.25) is 5.10 Å². The van der Waals surface area contributed by atoms with Gasteiger partial charge in [-0.25, -0.2) is 0 Å². The van der Waals surface area contributed by atoms with Crippen molar-refractivity contribution >= 4 is 16.6 Å². The van der Waals surface area contributed by atoms with Crippen molar-refractivity contribution in [2.45, 2.75) is 13.2 Å². The van der Waals surface area contributed by atoms with E-state index in [4.69, 9.17) is 9.52 Å². The van der Waals surface area contributed by atoms with Crippen LogP contribution in [0.1, 0.15) is 11.5 Å². The third kappa shape index (κ3) is 2.08. The number of aromatic nitrogens is 2. The quantitative estimate of drug-likeness (QED) is 0.657. The van der Waals surface area contributed by atoms with Gasteiger partial charge in [0.2, 0.25) is 0 Å². The van der Waals surface area contributed by atoms with Crippen LogP contribution in [-0.4, -0.2) is 15.3 Å². The summed E-state index contributed by atoms with van der Waals surface area (Å²) in [7, 11) is 0. The Bertz CT molecular complexity index is 657. The van der Waals surface area contributed by atoms with Crippen LogP contribution in [0.25, 0.3) is 10.9 Å². The number of aliphatic hydroxyl groups is 1. The van der Waals surface area contributed by atoms with E-state index in [-0.39, 0.29) is 6.61 Å². The number of nitrogens with one attached hydrogen (secondary N) is 2. The van der Waals surface area contributed by atoms with Crippen LogP contribution >= 0.6 is 0 Å². The Kier molecular flexibility index (Phi) is 2.74. The number of hydrogen-bond acceptors (Lipinski definition) is 4. The molecule has 0 saturated heterocycles. The second kappa shape index (κ2) is 4.54. The third-order valence-corrected chi connectivity index (χ3v) is 2.78. The van der Waals surface area contributed by atoms with E-state index < -0.39 is 0 Å². The molecule has 3 rings (SSSR count). The van der Waals surface area contributed by atoms with Gasteiger partial charge in [0, 0.05) is 11.1 Å². The van der Waals surface area contributed by atoms with Gasteiger partial charge in [-0.1, -0.05) is 0 Å². The Hall–Kier alpha value is -2.27. The van der Waals surface area contributed by atoms with Crippen molar-refractivity contribution in [3.05, 3.63) is 48.0 Å². The fourth-order valence-corrected chi connectivity index (χ4v) is 1.84. The summed E-state index contributed by atoms with van der Waals surface area (Å²) in [6.45, 7) is 0.518. The molecule has 2 aromatic heterocycles. The number of aliphatic hydroxyl groups excluding tert-OH is 1. The van der Waals surface area contributed by atoms with Crippen LogP contribution in [-0.2, 0) is 13.2 Å². The predicted octanol–water partition coefficient (Wildman–Crippen LogP) is 2.26. The number of benzene rings is 1. The van der Waals surface area contributed by atoms with Crippen molar-refractivity contribution < 1.29 is 9.52 Å². The zero-order valence-corrected chi connectivity index (χ0v) is 9.68. The molecule has 0 amide bonds. The summed E-state index contributed by atoms with van der Waals surface area (Å²) in [4.78, 5) is 0. The standard InChI is InChI=1S/C13H13N3O2/c17-8-12-3-2-11(18-12)7-14-10-1-4-13-9(5-10)6-15-16-13/h1-6,14,17H,7-8H2,(H,15,16). The van der Waals surface area contributed by atoms with Crippen molar-refractivity contribution in [3.63, 3.8) is 0 Å². The molecule has 0 aliphatic rings. The molecule has 0 fully saturated rings. The molecular formula is C13H13N3O2. The average molecular weight is 243 g/mol. The number of nitrogens with zero attached hydrogens (tertiary/aromatic N) is 1. The van der Waals surface area contributed by atoms with Gasteiger partial charge in [0.15, 0.2) is 0 Å². The Morgan fingerprint density at radius 2 is 2.11 bits per heavy atom. The van der Waals surface area contributed by atoms with Crippen LogP contribution in [0.3, 0.4) is 0 Å². The van der Waals surface area contributed by atoms with Gasteiger partial charge in [-0.05, 0) is 30.3 Å². The Morgan fingerprint density at radius 3 is 2.94 bits per heavy atom. The third-order valence-electron chi connectivity index (χ3n) is 2.78. The first kappa shape index (κ1) is 10.9. The molecule has 2 heterocycles. The van der Waals surface area contributed by atoms with Crippen LogP contribution < -0.4 is 5.32 Å². The molecule has 0 aliphatic heterocycles. The molecular weight excluding hydrogens is 230 g/mol. The first-order valence-corrected chi connectivity index (χ1v) is 5.70. The van der Waals surface area contributed by atoms with Crippen molar-refractivity contribution in [2.75, 3.05) is 5.32 Å². The van der Waals surface area contributed by atoms with Crippen LogP contribution in [0.2, 0.25) is 0 Å². The largest absolute Gasteiger partial charge is 0.462 e. The monoisotopic (exact) mass is 243 g/mol. The first-order chi connectivity index (χ1) is 8.85. The SMILES string of the molecule is OCc1ccc(CNc2ccc3[nH]ncc3c2)o1. The molecule has 5 nitrogen and oxygen atoms in total. The smallest absolute Gasteiger partial charge is 0.129 e. The summed E-state index contributed by atoms with van der Waals surface area (Å²) in [5.41, 5.74) is 2.02. The fraction of sp³-hybridized carbons (Fsp3) is 0.154. The highest BCUT2D eigenvalue weighted by Gasteiger charge is 2.02. The fourth-order valence-electron chi connectivity index (χ4n) is 1.84. The number of furan rings is 1. The molecule has 1 aromatic carbocycles. The lowest BCUT2D eigenvalue weighted by Crippen LogP contribution is -1.97. The number of fused-ring (bicyclic) bond motifs is 1. The number of H-pyrrole nitrogens is 1. The minimum atomic E-state index is -0.0685. The first-order valence-electron chi connectivity index (χ1n) is 5.70. The molecule has 0 atom stereocenters. The minimum Gasteiger partial charge on any atom is -0.462 e. The van der Waals surface area contributed by atoms with Gasteiger partial charge in [0.05, 0.1) is 18.3 Å². The maximum atomic E-state index is 8.91. The molecule has 0 bridgehead atoms. The van der Waals surface area contributed by atoms with Crippen LogP contribution in [0.5, 0.6) is 0 Å². The van der Waals surface area contributed by atoms with E-state index in [9.17, 15) is 0 Å². The summed E-state index contributed by atoms with van der Waals surface area (Å²) < 4.78 is 5.40. The zero-order chi connectivity index (χ0) is 12.4. The maximum absolute atomic E-state index is 8.91. The molecule has 5 heteroatoms. The Labute approximate surface area is 103 Å². The summed E-state index contributed by atoms with van der Waals surface area (Å²) >= 11 is 0. The van der Waals surface area contributed by atoms with E-state index in [1.807, 2.05) is 24.3 Å². The molecule has 3 N–H and O–H groups in total. The summed E-state index contributed by atoms with van der Waals surface area (Å²) in [6.07, 6.45) is 1.79. The van der Waals surface area contributed by atoms with E-state index >= 15 is 0 Å². The van der Waals surface area contributed by atoms with Gasteiger partial charge in [-0.2, -0.15) is 5.10 Å². The minimum absolute atomic E-state index is 0.0685. The van der Waals surface area contributed by atoms with E-state index in [1.165, 1.54) is 0 Å². The lowest BCUT2D eigenvalue weighted by molar-refractivity contribution is 0.244. The molecule has 18 heavy (non-hydrogen) atoms. The van der Waals surface area contributed by atoms with Gasteiger partial charge >= 0.3 is 0 Å². The van der Waals surface area contributed by atoms with E-state index in [1.54, 1.807) is 12.3 Å². The maximum Gasteiger partial charge on any atom is 0.129 e. The van der Waals surface area contributed by atoms with Gasteiger partial charge in [0.25, 0.3) is 0 Å². The number of aromatic amines is 1. The van der Waals surface area contributed by atoms with Crippen molar-refractivity contribution in [2.24, 2.45) is 0 Å². The summed E-state index contributed by atoms with van der Waals surface area (Å²) in [6, 6.07) is 9.61. The van der Waals surface area contributed by atoms with Crippen LogP contribution in [0.15, 0.2) is 40.9 Å². The molecule has 3 aromatic rings. The highest BCUT2D eigenvalue weighted by atomic mass is 16.4. The predicted molar refractivity (Wildman–Crippen MR) is 68.1 cm³/mol. The molecule has 0 spiro atoms. The Morgan fingerprint density at radius 1 is 1.22 bits per heavy atom. The van der Waals surface area contributed by atoms with Gasteiger partial charge in [0.1, 0.15) is 18.1 Å². The lowest BCUT2D eigenvalue weighted by atomic mass is 10.2. The zero-order valence-electron chi connectivity index (χ0n) is 9.68. The normalized spacial score (nSPS) is 10.9.